The van der Waals surface area contributed by atoms with E-state index in [9.17, 15) is 5.11 Å². The molecule has 1 N–H and O–H groups in total. The average Bonchev–Trinajstić information content (AvgIpc) is 2.40. The second-order valence-corrected chi connectivity index (χ2v) is 6.28. The first-order chi connectivity index (χ1) is 9.22. The number of hydrogen-bond acceptors (Lipinski definition) is 2. The van der Waals surface area contributed by atoms with Gasteiger partial charge in [0.2, 0.25) is 0 Å². The Kier molecular flexibility index (Phi) is 3.79. The summed E-state index contributed by atoms with van der Waals surface area (Å²) in [6, 6.07) is 6.29. The fraction of sp³-hybridized carbons (Fsp3) is 0.647. The van der Waals surface area contributed by atoms with Crippen LogP contribution in [0.4, 0.5) is 0 Å². The molecule has 0 aromatic heterocycles. The third kappa shape index (κ3) is 2.94. The molecular weight excluding hydrogens is 236 g/mol. The van der Waals surface area contributed by atoms with Gasteiger partial charge in [-0.05, 0) is 67.7 Å². The SMILES string of the molecule is CC1CCCC(Oc2ccc3c(c2)C(O)CCC3)C1. The summed E-state index contributed by atoms with van der Waals surface area (Å²) in [4.78, 5) is 0. The van der Waals surface area contributed by atoms with Crippen molar-refractivity contribution in [3.8, 4) is 5.75 Å². The van der Waals surface area contributed by atoms with Crippen LogP contribution in [0.25, 0.3) is 0 Å². The Balaban J connectivity index is 1.73. The number of aliphatic hydroxyl groups excluding tert-OH is 1. The minimum Gasteiger partial charge on any atom is -0.490 e. The Morgan fingerprint density at radius 3 is 2.89 bits per heavy atom. The van der Waals surface area contributed by atoms with Gasteiger partial charge in [0, 0.05) is 0 Å². The van der Waals surface area contributed by atoms with Crippen molar-refractivity contribution in [3.05, 3.63) is 29.3 Å². The predicted molar refractivity (Wildman–Crippen MR) is 76.4 cm³/mol. The maximum Gasteiger partial charge on any atom is 0.120 e. The second kappa shape index (κ2) is 5.54. The molecule has 2 aliphatic carbocycles. The summed E-state index contributed by atoms with van der Waals surface area (Å²) in [6.07, 6.45) is 8.09. The highest BCUT2D eigenvalue weighted by Crippen LogP contribution is 2.34. The summed E-state index contributed by atoms with van der Waals surface area (Å²) in [5.74, 6) is 1.72. The number of hydrogen-bond donors (Lipinski definition) is 1. The molecule has 3 unspecified atom stereocenters. The number of rotatable bonds is 2. The molecule has 1 aromatic carbocycles. The van der Waals surface area contributed by atoms with Crippen molar-refractivity contribution in [2.45, 2.75) is 64.1 Å². The molecule has 0 bridgehead atoms. The van der Waals surface area contributed by atoms with Gasteiger partial charge >= 0.3 is 0 Å². The summed E-state index contributed by atoms with van der Waals surface area (Å²) < 4.78 is 6.13. The summed E-state index contributed by atoms with van der Waals surface area (Å²) in [5.41, 5.74) is 2.38. The molecule has 0 radical (unpaired) electrons. The topological polar surface area (TPSA) is 29.5 Å². The number of benzene rings is 1. The zero-order valence-corrected chi connectivity index (χ0v) is 11.8. The Bertz CT molecular complexity index is 441. The van der Waals surface area contributed by atoms with Crippen molar-refractivity contribution in [1.29, 1.82) is 0 Å². The van der Waals surface area contributed by atoms with E-state index in [-0.39, 0.29) is 6.10 Å². The fourth-order valence-electron chi connectivity index (χ4n) is 3.50. The van der Waals surface area contributed by atoms with Crippen LogP contribution in [0.15, 0.2) is 18.2 Å². The van der Waals surface area contributed by atoms with E-state index in [0.717, 1.165) is 36.5 Å². The molecule has 2 aliphatic rings. The minimum absolute atomic E-state index is 0.294. The van der Waals surface area contributed by atoms with E-state index in [4.69, 9.17) is 4.74 Å². The maximum absolute atomic E-state index is 10.1. The molecular formula is C17H24O2. The van der Waals surface area contributed by atoms with Crippen molar-refractivity contribution < 1.29 is 9.84 Å². The van der Waals surface area contributed by atoms with Gasteiger partial charge in [-0.2, -0.15) is 0 Å². The van der Waals surface area contributed by atoms with E-state index < -0.39 is 0 Å². The highest BCUT2D eigenvalue weighted by Gasteiger charge is 2.22. The van der Waals surface area contributed by atoms with E-state index in [1.165, 1.54) is 31.2 Å². The molecule has 19 heavy (non-hydrogen) atoms. The molecule has 3 atom stereocenters. The Morgan fingerprint density at radius 1 is 1.16 bits per heavy atom. The number of aryl methyl sites for hydroxylation is 1. The lowest BCUT2D eigenvalue weighted by molar-refractivity contribution is 0.127. The number of ether oxygens (including phenoxy) is 1. The Labute approximate surface area is 115 Å². The van der Waals surface area contributed by atoms with Crippen LogP contribution in [-0.2, 0) is 6.42 Å². The Morgan fingerprint density at radius 2 is 2.05 bits per heavy atom. The van der Waals surface area contributed by atoms with Crippen LogP contribution in [0.5, 0.6) is 5.75 Å². The molecule has 0 heterocycles. The molecule has 2 nitrogen and oxygen atoms in total. The molecule has 0 saturated heterocycles. The van der Waals surface area contributed by atoms with Gasteiger partial charge in [-0.15, -0.1) is 0 Å². The van der Waals surface area contributed by atoms with E-state index in [0.29, 0.717) is 6.10 Å². The molecule has 0 amide bonds. The van der Waals surface area contributed by atoms with Crippen LogP contribution in [0, 0.1) is 5.92 Å². The van der Waals surface area contributed by atoms with Gasteiger partial charge in [0.15, 0.2) is 0 Å². The first kappa shape index (κ1) is 13.0. The van der Waals surface area contributed by atoms with Crippen LogP contribution >= 0.6 is 0 Å². The molecule has 104 valence electrons. The van der Waals surface area contributed by atoms with E-state index in [1.807, 2.05) is 0 Å². The first-order valence-electron chi connectivity index (χ1n) is 7.70. The number of fused-ring (bicyclic) bond motifs is 1. The fourth-order valence-corrected chi connectivity index (χ4v) is 3.50. The van der Waals surface area contributed by atoms with Gasteiger partial charge in [-0.3, -0.25) is 0 Å². The Hall–Kier alpha value is -1.02. The van der Waals surface area contributed by atoms with Gasteiger partial charge < -0.3 is 9.84 Å². The summed E-state index contributed by atoms with van der Waals surface area (Å²) >= 11 is 0. The van der Waals surface area contributed by atoms with Crippen molar-refractivity contribution in [2.75, 3.05) is 0 Å². The first-order valence-corrected chi connectivity index (χ1v) is 7.70. The zero-order chi connectivity index (χ0) is 13.2. The van der Waals surface area contributed by atoms with Gasteiger partial charge in [0.05, 0.1) is 12.2 Å². The lowest BCUT2D eigenvalue weighted by atomic mass is 9.88. The van der Waals surface area contributed by atoms with Crippen LogP contribution in [0.2, 0.25) is 0 Å². The van der Waals surface area contributed by atoms with Gasteiger partial charge in [-0.25, -0.2) is 0 Å². The van der Waals surface area contributed by atoms with Crippen LogP contribution in [0.1, 0.15) is 62.7 Å². The standard InChI is InChI=1S/C17H24O2/c1-12-4-2-6-14(10-12)19-15-9-8-13-5-3-7-17(18)16(13)11-15/h8-9,11-12,14,17-18H,2-7,10H2,1H3. The lowest BCUT2D eigenvalue weighted by Crippen LogP contribution is -2.24. The smallest absolute Gasteiger partial charge is 0.120 e. The summed E-state index contributed by atoms with van der Waals surface area (Å²) in [6.45, 7) is 2.31. The normalized spacial score (nSPS) is 30.7. The molecule has 2 heteroatoms. The third-order valence-electron chi connectivity index (χ3n) is 4.59. The average molecular weight is 260 g/mol. The van der Waals surface area contributed by atoms with Crippen molar-refractivity contribution >= 4 is 0 Å². The van der Waals surface area contributed by atoms with Gasteiger partial charge in [0.25, 0.3) is 0 Å². The quantitative estimate of drug-likeness (QED) is 0.870. The number of aliphatic hydroxyl groups is 1. The van der Waals surface area contributed by atoms with Crippen molar-refractivity contribution in [3.63, 3.8) is 0 Å². The highest BCUT2D eigenvalue weighted by molar-refractivity contribution is 5.38. The molecule has 0 spiro atoms. The molecule has 1 aromatic rings. The molecule has 0 aliphatic heterocycles. The van der Waals surface area contributed by atoms with E-state index in [2.05, 4.69) is 25.1 Å². The molecule has 3 rings (SSSR count). The second-order valence-electron chi connectivity index (χ2n) is 6.28. The summed E-state index contributed by atoms with van der Waals surface area (Å²) in [7, 11) is 0. The van der Waals surface area contributed by atoms with E-state index >= 15 is 0 Å². The summed E-state index contributed by atoms with van der Waals surface area (Å²) in [5, 5.41) is 10.1. The van der Waals surface area contributed by atoms with Crippen LogP contribution in [0.3, 0.4) is 0 Å². The highest BCUT2D eigenvalue weighted by atomic mass is 16.5. The van der Waals surface area contributed by atoms with Crippen molar-refractivity contribution in [2.24, 2.45) is 5.92 Å². The molecule has 1 saturated carbocycles. The largest absolute Gasteiger partial charge is 0.490 e. The predicted octanol–water partition coefficient (Wildman–Crippen LogP) is 4.01. The van der Waals surface area contributed by atoms with Gasteiger partial charge in [-0.1, -0.05) is 19.4 Å². The van der Waals surface area contributed by atoms with Gasteiger partial charge in [0.1, 0.15) is 5.75 Å². The van der Waals surface area contributed by atoms with E-state index in [1.54, 1.807) is 0 Å². The molecule has 1 fully saturated rings. The zero-order valence-electron chi connectivity index (χ0n) is 11.8. The third-order valence-corrected chi connectivity index (χ3v) is 4.59. The lowest BCUT2D eigenvalue weighted by Gasteiger charge is -2.28. The van der Waals surface area contributed by atoms with Crippen LogP contribution < -0.4 is 4.74 Å². The minimum atomic E-state index is -0.294. The van der Waals surface area contributed by atoms with Crippen molar-refractivity contribution in [1.82, 2.24) is 0 Å². The monoisotopic (exact) mass is 260 g/mol. The van der Waals surface area contributed by atoms with Crippen LogP contribution in [-0.4, -0.2) is 11.2 Å². The maximum atomic E-state index is 10.1.